The van der Waals surface area contributed by atoms with E-state index in [9.17, 15) is 20.4 Å². The van der Waals surface area contributed by atoms with Gasteiger partial charge in [-0.25, -0.2) is 0 Å². The van der Waals surface area contributed by atoms with Gasteiger partial charge in [0.2, 0.25) is 0 Å². The van der Waals surface area contributed by atoms with Crippen LogP contribution in [0.4, 0.5) is 0 Å². The Hall–Kier alpha value is -0.240. The van der Waals surface area contributed by atoms with Crippen molar-refractivity contribution >= 4 is 0 Å². The van der Waals surface area contributed by atoms with E-state index in [1.165, 1.54) is 0 Å². The quantitative estimate of drug-likeness (QED) is 0.320. The van der Waals surface area contributed by atoms with Crippen LogP contribution in [0.2, 0.25) is 0 Å². The fraction of sp³-hybridized carbons (Fsp3) is 1.00. The van der Waals surface area contributed by atoms with Crippen molar-refractivity contribution in [1.82, 2.24) is 0 Å². The van der Waals surface area contributed by atoms with E-state index in [1.807, 2.05) is 0 Å². The third-order valence-electron chi connectivity index (χ3n) is 4.37. The summed E-state index contributed by atoms with van der Waals surface area (Å²) in [6.07, 6.45) is -0.732. The summed E-state index contributed by atoms with van der Waals surface area (Å²) in [5, 5.41) is 39.7. The highest BCUT2D eigenvalue weighted by Gasteiger charge is 2.49. The van der Waals surface area contributed by atoms with Crippen molar-refractivity contribution in [2.24, 2.45) is 16.9 Å². The van der Waals surface area contributed by atoms with E-state index in [1.54, 1.807) is 27.7 Å². The average Bonchev–Trinajstić information content (AvgIpc) is 2.24. The highest BCUT2D eigenvalue weighted by atomic mass is 16.3. The van der Waals surface area contributed by atoms with Gasteiger partial charge in [0.25, 0.3) is 0 Å². The first-order valence-electron chi connectivity index (χ1n) is 8.19. The first-order chi connectivity index (χ1) is 9.98. The zero-order chi connectivity index (χ0) is 17.6. The minimum Gasteiger partial charge on any atom is -0.393 e. The molecule has 0 amide bonds. The molecule has 0 saturated heterocycles. The van der Waals surface area contributed by atoms with Gasteiger partial charge in [-0.2, -0.15) is 0 Å². The Bertz CT molecular complexity index is 287. The lowest BCUT2D eigenvalue weighted by Gasteiger charge is -2.51. The van der Waals surface area contributed by atoms with Crippen LogP contribution in [-0.2, 0) is 0 Å². The molecule has 0 heterocycles. The SMILES string of the molecule is CC(O)CC(N)(CC(C)O)C(CCN)(CC(C)O)CC(C)O. The first kappa shape index (κ1) is 21.8. The maximum atomic E-state index is 9.96. The van der Waals surface area contributed by atoms with Gasteiger partial charge in [-0.1, -0.05) is 0 Å². The Labute approximate surface area is 134 Å². The van der Waals surface area contributed by atoms with Crippen molar-refractivity contribution in [2.75, 3.05) is 6.54 Å². The standard InChI is InChI=1S/C16H36N2O4/c1-11(19)7-15(5-6-17,8-12(2)20)16(18,9-13(3)21)10-14(4)22/h11-14,19-22H,5-10,17-18H2,1-4H3. The second kappa shape index (κ2) is 9.15. The number of hydrogen-bond donors (Lipinski definition) is 6. The molecular formula is C16H36N2O4. The molecule has 0 aromatic heterocycles. The predicted octanol–water partition coefficient (Wildman–Crippen LogP) is 0.103. The molecule has 0 radical (unpaired) electrons. The second-order valence-electron chi connectivity index (χ2n) is 7.19. The molecule has 0 fully saturated rings. The lowest BCUT2D eigenvalue weighted by molar-refractivity contribution is -0.0406. The highest BCUT2D eigenvalue weighted by molar-refractivity contribution is 5.05. The summed E-state index contributed by atoms with van der Waals surface area (Å²) in [5.41, 5.74) is 10.9. The molecule has 0 aliphatic carbocycles. The molecule has 4 atom stereocenters. The van der Waals surface area contributed by atoms with Gasteiger partial charge in [-0.05, 0) is 71.8 Å². The summed E-state index contributed by atoms with van der Waals surface area (Å²) in [4.78, 5) is 0. The van der Waals surface area contributed by atoms with Crippen LogP contribution >= 0.6 is 0 Å². The Morgan fingerprint density at radius 2 is 1.05 bits per heavy atom. The fourth-order valence-electron chi connectivity index (χ4n) is 3.92. The molecule has 0 saturated carbocycles. The minimum atomic E-state index is -0.928. The number of aliphatic hydroxyl groups is 4. The van der Waals surface area contributed by atoms with Crippen molar-refractivity contribution < 1.29 is 20.4 Å². The monoisotopic (exact) mass is 320 g/mol. The third-order valence-corrected chi connectivity index (χ3v) is 4.37. The number of aliphatic hydroxyl groups excluding tert-OH is 4. The van der Waals surface area contributed by atoms with Gasteiger partial charge in [-0.3, -0.25) is 0 Å². The number of rotatable bonds is 11. The summed E-state index contributed by atoms with van der Waals surface area (Å²) in [6.45, 7) is 7.03. The van der Waals surface area contributed by atoms with Gasteiger partial charge in [-0.15, -0.1) is 0 Å². The predicted molar refractivity (Wildman–Crippen MR) is 88.2 cm³/mol. The van der Waals surface area contributed by atoms with E-state index in [4.69, 9.17) is 11.5 Å². The fourth-order valence-corrected chi connectivity index (χ4v) is 3.92. The van der Waals surface area contributed by atoms with Gasteiger partial charge < -0.3 is 31.9 Å². The van der Waals surface area contributed by atoms with Crippen LogP contribution in [-0.4, -0.2) is 56.9 Å². The smallest absolute Gasteiger partial charge is 0.0529 e. The molecule has 0 aromatic carbocycles. The van der Waals surface area contributed by atoms with E-state index >= 15 is 0 Å². The average molecular weight is 320 g/mol. The Kier molecular flexibility index (Phi) is 9.05. The summed E-state index contributed by atoms with van der Waals surface area (Å²) < 4.78 is 0. The Balaban J connectivity index is 5.85. The van der Waals surface area contributed by atoms with Crippen LogP contribution in [0.1, 0.15) is 59.8 Å². The normalized spacial score (nSPS) is 23.2. The number of nitrogens with two attached hydrogens (primary N) is 2. The summed E-state index contributed by atoms with van der Waals surface area (Å²) >= 11 is 0. The molecule has 4 unspecified atom stereocenters. The molecule has 0 spiro atoms. The van der Waals surface area contributed by atoms with Crippen LogP contribution in [0.3, 0.4) is 0 Å². The lowest BCUT2D eigenvalue weighted by atomic mass is 9.58. The first-order valence-corrected chi connectivity index (χ1v) is 8.19. The van der Waals surface area contributed by atoms with E-state index in [0.717, 1.165) is 0 Å². The van der Waals surface area contributed by atoms with Gasteiger partial charge in [0.1, 0.15) is 0 Å². The van der Waals surface area contributed by atoms with Crippen LogP contribution in [0, 0.1) is 5.41 Å². The number of hydrogen-bond acceptors (Lipinski definition) is 6. The minimum absolute atomic E-state index is 0.275. The molecule has 6 heteroatoms. The molecule has 0 aliphatic rings. The molecule has 6 nitrogen and oxygen atoms in total. The molecule has 8 N–H and O–H groups in total. The lowest BCUT2D eigenvalue weighted by Crippen LogP contribution is -2.60. The topological polar surface area (TPSA) is 133 Å². The summed E-state index contributed by atoms with van der Waals surface area (Å²) in [5.74, 6) is 0. The largest absolute Gasteiger partial charge is 0.393 e. The van der Waals surface area contributed by atoms with Crippen molar-refractivity contribution in [2.45, 2.75) is 89.8 Å². The molecule has 0 rings (SSSR count). The molecule has 0 bridgehead atoms. The molecule has 0 aromatic rings. The molecular weight excluding hydrogens is 284 g/mol. The zero-order valence-corrected chi connectivity index (χ0v) is 14.5. The van der Waals surface area contributed by atoms with E-state index < -0.39 is 35.4 Å². The summed E-state index contributed by atoms with van der Waals surface area (Å²) in [6, 6.07) is 0. The van der Waals surface area contributed by atoms with Gasteiger partial charge >= 0.3 is 0 Å². The Morgan fingerprint density at radius 3 is 1.27 bits per heavy atom. The van der Waals surface area contributed by atoms with Gasteiger partial charge in [0.05, 0.1) is 24.4 Å². The van der Waals surface area contributed by atoms with Crippen LogP contribution < -0.4 is 11.5 Å². The van der Waals surface area contributed by atoms with Gasteiger partial charge in [0, 0.05) is 5.54 Å². The van der Waals surface area contributed by atoms with E-state index in [-0.39, 0.29) is 12.8 Å². The molecule has 0 aliphatic heterocycles. The summed E-state index contributed by atoms with van der Waals surface area (Å²) in [7, 11) is 0. The maximum absolute atomic E-state index is 9.96. The van der Waals surface area contributed by atoms with Crippen LogP contribution in [0.15, 0.2) is 0 Å². The van der Waals surface area contributed by atoms with Crippen LogP contribution in [0.25, 0.3) is 0 Å². The van der Waals surface area contributed by atoms with E-state index in [0.29, 0.717) is 25.8 Å². The maximum Gasteiger partial charge on any atom is 0.0529 e. The Morgan fingerprint density at radius 1 is 0.727 bits per heavy atom. The highest BCUT2D eigenvalue weighted by Crippen LogP contribution is 2.47. The second-order valence-corrected chi connectivity index (χ2v) is 7.19. The van der Waals surface area contributed by atoms with Crippen LogP contribution in [0.5, 0.6) is 0 Å². The van der Waals surface area contributed by atoms with E-state index in [2.05, 4.69) is 0 Å². The third kappa shape index (κ3) is 6.48. The van der Waals surface area contributed by atoms with Crippen molar-refractivity contribution in [1.29, 1.82) is 0 Å². The molecule has 22 heavy (non-hydrogen) atoms. The van der Waals surface area contributed by atoms with Gasteiger partial charge in [0.15, 0.2) is 0 Å². The van der Waals surface area contributed by atoms with Crippen molar-refractivity contribution in [3.63, 3.8) is 0 Å². The zero-order valence-electron chi connectivity index (χ0n) is 14.5. The molecule has 134 valence electrons. The van der Waals surface area contributed by atoms with Crippen molar-refractivity contribution in [3.05, 3.63) is 0 Å². The van der Waals surface area contributed by atoms with Crippen molar-refractivity contribution in [3.8, 4) is 0 Å².